The molecule has 0 aromatic heterocycles. The molecule has 1 saturated carbocycles. The third-order valence-electron chi connectivity index (χ3n) is 7.72. The Kier molecular flexibility index (Phi) is 7.21. The molecule has 1 aliphatic heterocycles. The van der Waals surface area contributed by atoms with E-state index in [0.29, 0.717) is 10.0 Å². The zero-order chi connectivity index (χ0) is 30.4. The first kappa shape index (κ1) is 30.1. The van der Waals surface area contributed by atoms with Crippen LogP contribution in [0.2, 0.25) is 0 Å². The third-order valence-corrected chi connectivity index (χ3v) is 12.0. The summed E-state index contributed by atoms with van der Waals surface area (Å²) in [6, 6.07) is 9.41. The van der Waals surface area contributed by atoms with Gasteiger partial charge in [0.2, 0.25) is 0 Å². The monoisotopic (exact) mass is 677 g/mol. The summed E-state index contributed by atoms with van der Waals surface area (Å²) < 4.78 is -2.19. The van der Waals surface area contributed by atoms with Crippen molar-refractivity contribution in [3.8, 4) is 0 Å². The number of Topliss-reactive ketones (excluding diaryl/α,β-unsaturated/α-hetero) is 1. The molecule has 5 rings (SSSR count). The molecule has 2 aromatic carbocycles. The number of amides is 3. The van der Waals surface area contributed by atoms with Crippen molar-refractivity contribution in [2.75, 3.05) is 0 Å². The summed E-state index contributed by atoms with van der Waals surface area (Å²) in [6.07, 6.45) is 0. The van der Waals surface area contributed by atoms with Crippen LogP contribution in [0.15, 0.2) is 58.6 Å². The quantitative estimate of drug-likeness (QED) is 0.122. The van der Waals surface area contributed by atoms with Crippen LogP contribution >= 0.6 is 69.6 Å². The summed E-state index contributed by atoms with van der Waals surface area (Å²) in [5, 5.41) is 11.7. The summed E-state index contributed by atoms with van der Waals surface area (Å²) in [6.45, 7) is 3.14. The van der Waals surface area contributed by atoms with E-state index in [9.17, 15) is 29.3 Å². The lowest BCUT2D eigenvalue weighted by atomic mass is 9.84. The summed E-state index contributed by atoms with van der Waals surface area (Å²) in [5.74, 6) is -6.77. The van der Waals surface area contributed by atoms with E-state index in [1.165, 1.54) is 19.1 Å². The first-order chi connectivity index (χ1) is 19.0. The first-order valence-corrected chi connectivity index (χ1v) is 14.2. The average molecular weight is 680 g/mol. The fourth-order valence-electron chi connectivity index (χ4n) is 5.56. The number of carbonyl (C=O) groups is 4. The molecule has 5 atom stereocenters. The van der Waals surface area contributed by atoms with E-state index >= 15 is 0 Å². The van der Waals surface area contributed by atoms with Gasteiger partial charge in [0.1, 0.15) is 15.8 Å². The van der Waals surface area contributed by atoms with Gasteiger partial charge in [-0.05, 0) is 26.0 Å². The van der Waals surface area contributed by atoms with Crippen LogP contribution in [0.25, 0.3) is 0 Å². The zero-order valence-corrected chi connectivity index (χ0v) is 25.4. The van der Waals surface area contributed by atoms with Gasteiger partial charge in [0.05, 0.1) is 26.8 Å². The number of carbonyl (C=O) groups excluding carboxylic acids is 4. The molecule has 3 amide bonds. The molecule has 0 N–H and O–H groups in total. The number of non-ortho nitro benzene ring substituents is 1. The Morgan fingerprint density at radius 3 is 1.76 bits per heavy atom. The van der Waals surface area contributed by atoms with E-state index < -0.39 is 60.4 Å². The van der Waals surface area contributed by atoms with E-state index in [0.717, 1.165) is 29.8 Å². The zero-order valence-electron chi connectivity index (χ0n) is 20.9. The van der Waals surface area contributed by atoms with Crippen molar-refractivity contribution in [1.82, 2.24) is 10.0 Å². The molecule has 0 spiro atoms. The number of benzene rings is 2. The number of allylic oxidation sites excluding steroid dienone is 2. The van der Waals surface area contributed by atoms with Gasteiger partial charge in [-0.1, -0.05) is 76.2 Å². The van der Waals surface area contributed by atoms with Gasteiger partial charge >= 0.3 is 0 Å². The van der Waals surface area contributed by atoms with Crippen molar-refractivity contribution >= 4 is 98.8 Å². The second-order valence-electron chi connectivity index (χ2n) is 9.93. The van der Waals surface area contributed by atoms with Gasteiger partial charge in [0.25, 0.3) is 23.4 Å². The largest absolute Gasteiger partial charge is 0.292 e. The normalized spacial score (nSPS) is 28.6. The van der Waals surface area contributed by atoms with Gasteiger partial charge in [0, 0.05) is 23.3 Å². The molecular formula is C26H17Cl6N3O6. The van der Waals surface area contributed by atoms with E-state index in [-0.39, 0.29) is 26.9 Å². The Hall–Kier alpha value is -2.40. The van der Waals surface area contributed by atoms with Crippen LogP contribution < -0.4 is 0 Å². The lowest BCUT2D eigenvalue weighted by Crippen LogP contribution is -2.59. The number of fused-ring (bicyclic) bond motifs is 5. The highest BCUT2D eigenvalue weighted by molar-refractivity contribution is 6.66. The number of ketones is 1. The summed E-state index contributed by atoms with van der Waals surface area (Å²) in [5.41, 5.74) is 0.604. The predicted octanol–water partition coefficient (Wildman–Crippen LogP) is 5.98. The molecule has 1 saturated heterocycles. The van der Waals surface area contributed by atoms with Crippen LogP contribution in [-0.2, 0) is 9.59 Å². The SMILES string of the molecule is Cc1ccc(C(=O)[C@H](C)N(C(=O)c2ccc([N+](=O)[O-])cc2)N2C(=O)[C@@H]3[C@@H](C2=O)[C@@]2(Cl)C(Cl)=C(Cl)[C@@]3(Cl)C2(Cl)Cl)cc1. The molecule has 0 unspecified atom stereocenters. The van der Waals surface area contributed by atoms with E-state index in [2.05, 4.69) is 0 Å². The maximum atomic E-state index is 14.0. The van der Waals surface area contributed by atoms with Crippen molar-refractivity contribution in [2.45, 2.75) is 34.0 Å². The lowest BCUT2D eigenvalue weighted by Gasteiger charge is -2.38. The second kappa shape index (κ2) is 9.82. The number of nitro groups is 1. The summed E-state index contributed by atoms with van der Waals surface area (Å²) in [4.78, 5) is 61.8. The van der Waals surface area contributed by atoms with Crippen LogP contribution in [0.4, 0.5) is 5.69 Å². The summed E-state index contributed by atoms with van der Waals surface area (Å²) >= 11 is 39.4. The minimum atomic E-state index is -2.19. The van der Waals surface area contributed by atoms with Crippen LogP contribution in [0.5, 0.6) is 0 Å². The van der Waals surface area contributed by atoms with E-state index in [1.54, 1.807) is 12.1 Å². The number of alkyl halides is 4. The molecule has 41 heavy (non-hydrogen) atoms. The molecule has 3 aliphatic rings. The number of hydrogen-bond donors (Lipinski definition) is 0. The smallest absolute Gasteiger partial charge is 0.273 e. The molecule has 15 heteroatoms. The first-order valence-electron chi connectivity index (χ1n) is 11.9. The molecular weight excluding hydrogens is 663 g/mol. The highest BCUT2D eigenvalue weighted by Crippen LogP contribution is 2.77. The third kappa shape index (κ3) is 3.83. The fraction of sp³-hybridized carbons (Fsp3) is 0.308. The highest BCUT2D eigenvalue weighted by atomic mass is 35.5. The predicted molar refractivity (Wildman–Crippen MR) is 153 cm³/mol. The van der Waals surface area contributed by atoms with Gasteiger partial charge in [-0.3, -0.25) is 29.3 Å². The Labute approximate surface area is 262 Å². The number of imide groups is 1. The molecule has 1 heterocycles. The Morgan fingerprint density at radius 2 is 1.32 bits per heavy atom. The van der Waals surface area contributed by atoms with Crippen LogP contribution in [0.1, 0.15) is 33.2 Å². The topological polar surface area (TPSA) is 118 Å². The van der Waals surface area contributed by atoms with Crippen LogP contribution in [-0.4, -0.2) is 58.6 Å². The van der Waals surface area contributed by atoms with Gasteiger partial charge in [-0.2, -0.15) is 5.01 Å². The summed E-state index contributed by atoms with van der Waals surface area (Å²) in [7, 11) is 0. The Morgan fingerprint density at radius 1 is 0.878 bits per heavy atom. The van der Waals surface area contributed by atoms with Crippen LogP contribution in [0.3, 0.4) is 0 Å². The minimum absolute atomic E-state index is 0.154. The van der Waals surface area contributed by atoms with Gasteiger partial charge in [0.15, 0.2) is 10.1 Å². The Bertz CT molecular complexity index is 1530. The molecule has 214 valence electrons. The van der Waals surface area contributed by atoms with E-state index in [4.69, 9.17) is 69.6 Å². The fourth-order valence-corrected chi connectivity index (χ4v) is 8.49. The average Bonchev–Trinajstić information content (AvgIpc) is 3.32. The standard InChI is InChI=1S/C26H17Cl6N3O6/c1-11-3-5-13(6-4-11)18(36)12(2)33(21(37)14-7-9-15(10-8-14)35(40)41)34-22(38)16-17(23(34)39)25(30)20(28)19(27)24(16,29)26(25,31)32/h3-10,12,16-17H,1-2H3/t12-,16-,17-,24+,25+/m0/s1. The maximum absolute atomic E-state index is 14.0. The molecule has 0 radical (unpaired) electrons. The second-order valence-corrected chi connectivity index (χ2v) is 13.2. The van der Waals surface area contributed by atoms with Gasteiger partial charge < -0.3 is 0 Å². The molecule has 9 nitrogen and oxygen atoms in total. The number of rotatable bonds is 6. The number of aryl methyl sites for hydroxylation is 1. The van der Waals surface area contributed by atoms with Crippen molar-refractivity contribution in [1.29, 1.82) is 0 Å². The molecule has 2 bridgehead atoms. The number of nitro benzene ring substituents is 1. The van der Waals surface area contributed by atoms with Crippen molar-refractivity contribution < 1.29 is 24.1 Å². The lowest BCUT2D eigenvalue weighted by molar-refractivity contribution is -0.384. The molecule has 2 fully saturated rings. The van der Waals surface area contributed by atoms with Crippen LogP contribution in [0, 0.1) is 28.9 Å². The maximum Gasteiger partial charge on any atom is 0.273 e. The number of hydrogen-bond acceptors (Lipinski definition) is 6. The van der Waals surface area contributed by atoms with Crippen molar-refractivity contribution in [2.24, 2.45) is 11.8 Å². The van der Waals surface area contributed by atoms with Crippen molar-refractivity contribution in [3.05, 3.63) is 85.4 Å². The Balaban J connectivity index is 1.63. The van der Waals surface area contributed by atoms with Crippen molar-refractivity contribution in [3.63, 3.8) is 0 Å². The van der Waals surface area contributed by atoms with E-state index in [1.807, 2.05) is 6.92 Å². The molecule has 2 aromatic rings. The minimum Gasteiger partial charge on any atom is -0.292 e. The van der Waals surface area contributed by atoms with Gasteiger partial charge in [-0.15, -0.1) is 23.2 Å². The molecule has 2 aliphatic carbocycles. The number of halogens is 6. The number of hydrazine groups is 1. The van der Waals surface area contributed by atoms with Gasteiger partial charge in [-0.25, -0.2) is 5.01 Å². The number of nitrogens with zero attached hydrogens (tertiary/aromatic N) is 3. The highest BCUT2D eigenvalue weighted by Gasteiger charge is 2.88.